The average Bonchev–Trinajstić information content (AvgIpc) is 3.05. The minimum Gasteiger partial charge on any atom is -0.383 e. The van der Waals surface area contributed by atoms with Gasteiger partial charge >= 0.3 is 0 Å². The van der Waals surface area contributed by atoms with E-state index in [2.05, 4.69) is 38.4 Å². The van der Waals surface area contributed by atoms with Crippen molar-refractivity contribution in [2.75, 3.05) is 20.3 Å². The molecule has 1 fully saturated rings. The first-order valence-electron chi connectivity index (χ1n) is 7.08. The van der Waals surface area contributed by atoms with Crippen LogP contribution in [0.5, 0.6) is 0 Å². The number of hydrogen-bond donors (Lipinski definition) is 1. The van der Waals surface area contributed by atoms with Crippen molar-refractivity contribution >= 4 is 11.3 Å². The van der Waals surface area contributed by atoms with E-state index < -0.39 is 0 Å². The van der Waals surface area contributed by atoms with Crippen LogP contribution in [0.1, 0.15) is 51.2 Å². The van der Waals surface area contributed by atoms with E-state index in [0.717, 1.165) is 19.1 Å². The summed E-state index contributed by atoms with van der Waals surface area (Å²) in [6.45, 7) is 10.6. The Kier molecular flexibility index (Phi) is 4.33. The third kappa shape index (κ3) is 3.36. The smallest absolute Gasteiger partial charge is 0.113 e. The Bertz CT molecular complexity index is 420. The van der Waals surface area contributed by atoms with Gasteiger partial charge in [0.15, 0.2) is 0 Å². The van der Waals surface area contributed by atoms with E-state index in [4.69, 9.17) is 9.72 Å². The molecule has 3 nitrogen and oxygen atoms in total. The van der Waals surface area contributed by atoms with Gasteiger partial charge in [-0.2, -0.15) is 0 Å². The molecule has 4 heteroatoms. The molecular formula is C15H26N2OS. The quantitative estimate of drug-likeness (QED) is 0.813. The topological polar surface area (TPSA) is 34.1 Å². The van der Waals surface area contributed by atoms with Crippen molar-refractivity contribution in [3.05, 3.63) is 16.1 Å². The number of aromatic nitrogens is 1. The molecule has 108 valence electrons. The number of thiazole rings is 1. The van der Waals surface area contributed by atoms with Gasteiger partial charge in [0.2, 0.25) is 0 Å². The van der Waals surface area contributed by atoms with Gasteiger partial charge in [0.05, 0.1) is 17.8 Å². The van der Waals surface area contributed by atoms with Gasteiger partial charge in [0, 0.05) is 24.4 Å². The molecule has 1 N–H and O–H groups in total. The first-order valence-corrected chi connectivity index (χ1v) is 7.96. The summed E-state index contributed by atoms with van der Waals surface area (Å²) in [4.78, 5) is 4.91. The number of rotatable bonds is 6. The zero-order valence-corrected chi connectivity index (χ0v) is 13.6. The van der Waals surface area contributed by atoms with Crippen LogP contribution >= 0.6 is 11.3 Å². The minimum absolute atomic E-state index is 0.0205. The second-order valence-electron chi connectivity index (χ2n) is 6.68. The minimum atomic E-state index is 0.0205. The lowest BCUT2D eigenvalue weighted by Crippen LogP contribution is -2.43. The van der Waals surface area contributed by atoms with E-state index in [0.29, 0.717) is 0 Å². The van der Waals surface area contributed by atoms with Crippen molar-refractivity contribution in [3.63, 3.8) is 0 Å². The van der Waals surface area contributed by atoms with Crippen LogP contribution in [-0.2, 0) is 15.7 Å². The first kappa shape index (κ1) is 14.9. The van der Waals surface area contributed by atoms with Crippen molar-refractivity contribution in [3.8, 4) is 0 Å². The summed E-state index contributed by atoms with van der Waals surface area (Å²) in [7, 11) is 1.75. The normalized spacial score (nSPS) is 19.4. The SMILES string of the molecule is COCCNC(C)(c1nc(C(C)(C)C)cs1)C1CC1. The first-order chi connectivity index (χ1) is 8.88. The van der Waals surface area contributed by atoms with Crippen LogP contribution in [0, 0.1) is 5.92 Å². The molecule has 1 heterocycles. The van der Waals surface area contributed by atoms with Gasteiger partial charge in [-0.25, -0.2) is 4.98 Å². The van der Waals surface area contributed by atoms with E-state index >= 15 is 0 Å². The molecule has 1 aromatic rings. The average molecular weight is 282 g/mol. The molecule has 0 saturated heterocycles. The Morgan fingerprint density at radius 2 is 2.05 bits per heavy atom. The standard InChI is InChI=1S/C15H26N2OS/c1-14(2,3)12-10-19-13(17-12)15(4,11-6-7-11)16-8-9-18-5/h10-11,16H,6-9H2,1-5H3. The number of methoxy groups -OCH3 is 1. The summed E-state index contributed by atoms with van der Waals surface area (Å²) < 4.78 is 5.15. The lowest BCUT2D eigenvalue weighted by atomic mass is 9.92. The molecule has 1 atom stereocenters. The number of nitrogens with one attached hydrogen (secondary N) is 1. The van der Waals surface area contributed by atoms with Crippen LogP contribution in [0.2, 0.25) is 0 Å². The van der Waals surface area contributed by atoms with Crippen molar-refractivity contribution < 1.29 is 4.74 Å². The molecule has 1 aliphatic carbocycles. The fraction of sp³-hybridized carbons (Fsp3) is 0.800. The zero-order valence-electron chi connectivity index (χ0n) is 12.7. The maximum atomic E-state index is 5.15. The van der Waals surface area contributed by atoms with E-state index in [9.17, 15) is 0 Å². The Hall–Kier alpha value is -0.450. The fourth-order valence-electron chi connectivity index (χ4n) is 2.32. The molecule has 0 spiro atoms. The maximum absolute atomic E-state index is 5.15. The molecule has 2 rings (SSSR count). The van der Waals surface area contributed by atoms with Crippen LogP contribution in [0.3, 0.4) is 0 Å². The Morgan fingerprint density at radius 3 is 2.53 bits per heavy atom. The highest BCUT2D eigenvalue weighted by Crippen LogP contribution is 2.46. The maximum Gasteiger partial charge on any atom is 0.113 e. The molecule has 0 aliphatic heterocycles. The third-order valence-electron chi connectivity index (χ3n) is 3.91. The number of hydrogen-bond acceptors (Lipinski definition) is 4. The highest BCUT2D eigenvalue weighted by atomic mass is 32.1. The molecule has 0 amide bonds. The van der Waals surface area contributed by atoms with Crippen LogP contribution in [0.4, 0.5) is 0 Å². The van der Waals surface area contributed by atoms with Crippen LogP contribution < -0.4 is 5.32 Å². The van der Waals surface area contributed by atoms with Crippen molar-refractivity contribution in [2.45, 2.75) is 51.5 Å². The van der Waals surface area contributed by atoms with E-state index in [-0.39, 0.29) is 11.0 Å². The Morgan fingerprint density at radius 1 is 1.37 bits per heavy atom. The highest BCUT2D eigenvalue weighted by Gasteiger charge is 2.44. The largest absolute Gasteiger partial charge is 0.383 e. The molecule has 1 unspecified atom stereocenters. The summed E-state index contributed by atoms with van der Waals surface area (Å²) in [6.07, 6.45) is 2.61. The number of nitrogens with zero attached hydrogens (tertiary/aromatic N) is 1. The van der Waals surface area contributed by atoms with Crippen molar-refractivity contribution in [1.29, 1.82) is 0 Å². The molecule has 0 bridgehead atoms. The van der Waals surface area contributed by atoms with Gasteiger partial charge in [-0.15, -0.1) is 11.3 Å². The van der Waals surface area contributed by atoms with E-state index in [1.54, 1.807) is 18.4 Å². The van der Waals surface area contributed by atoms with Gasteiger partial charge in [0.25, 0.3) is 0 Å². The lowest BCUT2D eigenvalue weighted by Gasteiger charge is -2.29. The molecule has 1 aliphatic rings. The van der Waals surface area contributed by atoms with E-state index in [1.807, 2.05) is 0 Å². The second-order valence-corrected chi connectivity index (χ2v) is 7.54. The van der Waals surface area contributed by atoms with Gasteiger partial charge in [-0.05, 0) is 25.7 Å². The highest BCUT2D eigenvalue weighted by molar-refractivity contribution is 7.09. The molecule has 0 radical (unpaired) electrons. The third-order valence-corrected chi connectivity index (χ3v) is 4.99. The van der Waals surface area contributed by atoms with Crippen molar-refractivity contribution in [1.82, 2.24) is 10.3 Å². The summed E-state index contributed by atoms with van der Waals surface area (Å²) in [5.41, 5.74) is 1.35. The van der Waals surface area contributed by atoms with Gasteiger partial charge in [-0.3, -0.25) is 0 Å². The Balaban J connectivity index is 2.16. The second kappa shape index (κ2) is 5.51. The van der Waals surface area contributed by atoms with Crippen LogP contribution in [0.15, 0.2) is 5.38 Å². The Labute approximate surface area is 120 Å². The van der Waals surface area contributed by atoms with Crippen molar-refractivity contribution in [2.24, 2.45) is 5.92 Å². The van der Waals surface area contributed by atoms with Gasteiger partial charge in [0.1, 0.15) is 5.01 Å². The monoisotopic (exact) mass is 282 g/mol. The number of ether oxygens (including phenoxy) is 1. The predicted octanol–water partition coefficient (Wildman–Crippen LogP) is 3.30. The summed E-state index contributed by atoms with van der Waals surface area (Å²) in [6, 6.07) is 0. The fourth-order valence-corrected chi connectivity index (χ4v) is 3.59. The van der Waals surface area contributed by atoms with E-state index in [1.165, 1.54) is 23.5 Å². The lowest BCUT2D eigenvalue weighted by molar-refractivity contribution is 0.181. The molecule has 1 saturated carbocycles. The molecular weight excluding hydrogens is 256 g/mol. The van der Waals surface area contributed by atoms with Gasteiger partial charge in [-0.1, -0.05) is 20.8 Å². The summed E-state index contributed by atoms with van der Waals surface area (Å²) in [5, 5.41) is 7.11. The molecule has 0 aromatic carbocycles. The van der Waals surface area contributed by atoms with Crippen LogP contribution in [-0.4, -0.2) is 25.2 Å². The summed E-state index contributed by atoms with van der Waals surface area (Å²) >= 11 is 1.80. The van der Waals surface area contributed by atoms with Crippen LogP contribution in [0.25, 0.3) is 0 Å². The zero-order chi connectivity index (χ0) is 14.1. The molecule has 19 heavy (non-hydrogen) atoms. The molecule has 1 aromatic heterocycles. The van der Waals surface area contributed by atoms with Gasteiger partial charge < -0.3 is 10.1 Å². The predicted molar refractivity (Wildman–Crippen MR) is 80.8 cm³/mol. The summed E-state index contributed by atoms with van der Waals surface area (Å²) in [5.74, 6) is 0.725.